The molecule has 4 aromatic carbocycles. The number of benzene rings is 4. The third-order valence-electron chi connectivity index (χ3n) is 6.36. The van der Waals surface area contributed by atoms with Crippen molar-refractivity contribution in [1.82, 2.24) is 14.8 Å². The second-order valence-electron chi connectivity index (χ2n) is 8.50. The predicted molar refractivity (Wildman–Crippen MR) is 150 cm³/mol. The Bertz CT molecular complexity index is 1770. The zero-order chi connectivity index (χ0) is 25.5. The van der Waals surface area contributed by atoms with Gasteiger partial charge in [0.2, 0.25) is 0 Å². The van der Waals surface area contributed by atoms with Gasteiger partial charge in [-0.3, -0.25) is 0 Å². The minimum absolute atomic E-state index is 0.504. The van der Waals surface area contributed by atoms with Gasteiger partial charge in [-0.1, -0.05) is 71.7 Å². The number of para-hydroxylation sites is 1. The molecule has 0 aliphatic heterocycles. The van der Waals surface area contributed by atoms with E-state index in [0.717, 1.165) is 38.7 Å². The average molecular weight is 526 g/mol. The SMILES string of the molecule is COc1cc2c(-c3ccc(Cl)cc3Cl)nc3c(c(-c4ccccc4)nn3-c3ccccc3)c2cc1OC. The molecule has 0 bridgehead atoms. The van der Waals surface area contributed by atoms with E-state index in [1.807, 2.05) is 89.6 Å². The molecule has 0 N–H and O–H groups in total. The molecular weight excluding hydrogens is 505 g/mol. The summed E-state index contributed by atoms with van der Waals surface area (Å²) in [5.74, 6) is 1.21. The van der Waals surface area contributed by atoms with E-state index in [1.165, 1.54) is 0 Å². The Morgan fingerprint density at radius 3 is 2.00 bits per heavy atom. The lowest BCUT2D eigenvalue weighted by molar-refractivity contribution is 0.356. The van der Waals surface area contributed by atoms with Gasteiger partial charge in [0.05, 0.1) is 36.0 Å². The lowest BCUT2D eigenvalue weighted by Gasteiger charge is -2.14. The molecule has 0 radical (unpaired) electrons. The molecule has 0 unspecified atom stereocenters. The van der Waals surface area contributed by atoms with Gasteiger partial charge in [-0.2, -0.15) is 5.10 Å². The summed E-state index contributed by atoms with van der Waals surface area (Å²) in [6, 6.07) is 29.4. The van der Waals surface area contributed by atoms with Gasteiger partial charge in [-0.15, -0.1) is 0 Å². The number of pyridine rings is 1. The highest BCUT2D eigenvalue weighted by Gasteiger charge is 2.23. The van der Waals surface area contributed by atoms with E-state index in [9.17, 15) is 0 Å². The van der Waals surface area contributed by atoms with Crippen LogP contribution in [0.15, 0.2) is 91.0 Å². The maximum atomic E-state index is 6.70. The van der Waals surface area contributed by atoms with Crippen LogP contribution in [0.1, 0.15) is 0 Å². The Morgan fingerprint density at radius 2 is 1.35 bits per heavy atom. The number of hydrogen-bond donors (Lipinski definition) is 0. The molecule has 37 heavy (non-hydrogen) atoms. The van der Waals surface area contributed by atoms with Gasteiger partial charge in [0.25, 0.3) is 0 Å². The van der Waals surface area contributed by atoms with E-state index >= 15 is 0 Å². The van der Waals surface area contributed by atoms with Crippen molar-refractivity contribution in [3.05, 3.63) is 101 Å². The first-order valence-corrected chi connectivity index (χ1v) is 12.4. The summed E-state index contributed by atoms with van der Waals surface area (Å²) >= 11 is 12.9. The monoisotopic (exact) mass is 525 g/mol. The number of methoxy groups -OCH3 is 2. The van der Waals surface area contributed by atoms with Gasteiger partial charge >= 0.3 is 0 Å². The van der Waals surface area contributed by atoms with Crippen molar-refractivity contribution < 1.29 is 9.47 Å². The van der Waals surface area contributed by atoms with E-state index in [-0.39, 0.29) is 0 Å². The van der Waals surface area contributed by atoms with E-state index in [4.69, 9.17) is 42.8 Å². The van der Waals surface area contributed by atoms with Crippen molar-refractivity contribution in [2.45, 2.75) is 0 Å². The van der Waals surface area contributed by atoms with Gasteiger partial charge < -0.3 is 9.47 Å². The topological polar surface area (TPSA) is 49.2 Å². The number of fused-ring (bicyclic) bond motifs is 3. The van der Waals surface area contributed by atoms with Gasteiger partial charge in [-0.05, 0) is 42.5 Å². The summed E-state index contributed by atoms with van der Waals surface area (Å²) < 4.78 is 13.2. The minimum Gasteiger partial charge on any atom is -0.493 e. The molecule has 0 amide bonds. The summed E-state index contributed by atoms with van der Waals surface area (Å²) in [6.07, 6.45) is 0. The molecule has 0 saturated heterocycles. The smallest absolute Gasteiger partial charge is 0.164 e. The van der Waals surface area contributed by atoms with Crippen molar-refractivity contribution in [2.24, 2.45) is 0 Å². The lowest BCUT2D eigenvalue weighted by Crippen LogP contribution is -1.99. The van der Waals surface area contributed by atoms with Crippen molar-refractivity contribution in [2.75, 3.05) is 14.2 Å². The van der Waals surface area contributed by atoms with Gasteiger partial charge in [0.1, 0.15) is 5.69 Å². The van der Waals surface area contributed by atoms with Gasteiger partial charge in [0.15, 0.2) is 17.1 Å². The molecule has 0 aliphatic rings. The Balaban J connectivity index is 1.82. The molecule has 182 valence electrons. The fourth-order valence-electron chi connectivity index (χ4n) is 4.64. The maximum absolute atomic E-state index is 6.70. The summed E-state index contributed by atoms with van der Waals surface area (Å²) in [4.78, 5) is 5.19. The molecule has 7 heteroatoms. The van der Waals surface area contributed by atoms with Gasteiger partial charge in [0, 0.05) is 26.9 Å². The number of ether oxygens (including phenoxy) is 2. The second-order valence-corrected chi connectivity index (χ2v) is 9.34. The van der Waals surface area contributed by atoms with Crippen molar-refractivity contribution in [3.8, 4) is 39.7 Å². The third-order valence-corrected chi connectivity index (χ3v) is 6.91. The number of halogens is 2. The number of nitrogens with zero attached hydrogens (tertiary/aromatic N) is 3. The molecule has 5 nitrogen and oxygen atoms in total. The largest absolute Gasteiger partial charge is 0.493 e. The molecule has 0 atom stereocenters. The molecule has 0 aliphatic carbocycles. The van der Waals surface area contributed by atoms with Crippen LogP contribution in [0.25, 0.3) is 50.0 Å². The van der Waals surface area contributed by atoms with Crippen LogP contribution in [0.4, 0.5) is 0 Å². The van der Waals surface area contributed by atoms with Crippen LogP contribution >= 0.6 is 23.2 Å². The molecule has 0 fully saturated rings. The Morgan fingerprint density at radius 1 is 0.703 bits per heavy atom. The Kier molecular flexibility index (Phi) is 5.95. The highest BCUT2D eigenvalue weighted by atomic mass is 35.5. The van der Waals surface area contributed by atoms with E-state index in [1.54, 1.807) is 20.3 Å². The van der Waals surface area contributed by atoms with Crippen LogP contribution in [-0.2, 0) is 0 Å². The summed E-state index contributed by atoms with van der Waals surface area (Å²) in [5.41, 5.74) is 4.85. The van der Waals surface area contributed by atoms with E-state index in [2.05, 4.69) is 0 Å². The number of rotatable bonds is 5. The van der Waals surface area contributed by atoms with Crippen LogP contribution < -0.4 is 9.47 Å². The zero-order valence-electron chi connectivity index (χ0n) is 20.1. The van der Waals surface area contributed by atoms with Crippen LogP contribution in [0, 0.1) is 0 Å². The summed E-state index contributed by atoms with van der Waals surface area (Å²) in [5, 5.41) is 8.82. The standard InChI is InChI=1S/C30H21Cl2N3O2/c1-36-25-16-22-23(17-26(25)37-2)29(21-14-13-19(31)15-24(21)32)33-30-27(22)28(18-9-5-3-6-10-18)34-35(30)20-11-7-4-8-12-20/h3-17H,1-2H3. The van der Waals surface area contributed by atoms with E-state index < -0.39 is 0 Å². The molecule has 0 saturated carbocycles. The number of aromatic nitrogens is 3. The quantitative estimate of drug-likeness (QED) is 0.227. The Labute approximate surface area is 223 Å². The van der Waals surface area contributed by atoms with Crippen molar-refractivity contribution in [1.29, 1.82) is 0 Å². The molecule has 0 spiro atoms. The van der Waals surface area contributed by atoms with Gasteiger partial charge in [-0.25, -0.2) is 9.67 Å². The second kappa shape index (κ2) is 9.43. The molecule has 2 aromatic heterocycles. The first-order valence-electron chi connectivity index (χ1n) is 11.6. The van der Waals surface area contributed by atoms with Crippen molar-refractivity contribution in [3.63, 3.8) is 0 Å². The average Bonchev–Trinajstić information content (AvgIpc) is 3.32. The fraction of sp³-hybridized carbons (Fsp3) is 0.0667. The van der Waals surface area contributed by atoms with E-state index in [0.29, 0.717) is 32.9 Å². The van der Waals surface area contributed by atoms with Crippen LogP contribution in [0.5, 0.6) is 11.5 Å². The molecule has 2 heterocycles. The molecule has 6 rings (SSSR count). The Hall–Kier alpha value is -4.06. The number of hydrogen-bond acceptors (Lipinski definition) is 4. The van der Waals surface area contributed by atoms with Crippen LogP contribution in [0.2, 0.25) is 10.0 Å². The first kappa shape index (κ1) is 23.3. The van der Waals surface area contributed by atoms with Crippen LogP contribution in [-0.4, -0.2) is 29.0 Å². The first-order chi connectivity index (χ1) is 18.1. The fourth-order valence-corrected chi connectivity index (χ4v) is 5.14. The zero-order valence-corrected chi connectivity index (χ0v) is 21.6. The minimum atomic E-state index is 0.504. The van der Waals surface area contributed by atoms with Crippen molar-refractivity contribution >= 4 is 45.0 Å². The highest BCUT2D eigenvalue weighted by molar-refractivity contribution is 6.36. The van der Waals surface area contributed by atoms with Crippen LogP contribution in [0.3, 0.4) is 0 Å². The molecule has 6 aromatic rings. The predicted octanol–water partition coefficient (Wildman–Crippen LogP) is 8.23. The maximum Gasteiger partial charge on any atom is 0.164 e. The highest BCUT2D eigenvalue weighted by Crippen LogP contribution is 2.44. The summed E-state index contributed by atoms with van der Waals surface area (Å²) in [6.45, 7) is 0. The lowest BCUT2D eigenvalue weighted by atomic mass is 9.98. The normalized spacial score (nSPS) is 11.2. The third kappa shape index (κ3) is 3.97. The molecular formula is C30H21Cl2N3O2. The summed E-state index contributed by atoms with van der Waals surface area (Å²) in [7, 11) is 3.25.